The third-order valence-electron chi connectivity index (χ3n) is 8.54. The maximum Gasteiger partial charge on any atom is 0.248 e. The fraction of sp³-hybridized carbons (Fsp3) is 0.375. The van der Waals surface area contributed by atoms with Gasteiger partial charge in [-0.15, -0.1) is 0 Å². The molecule has 6 rings (SSSR count). The zero-order chi connectivity index (χ0) is 29.1. The summed E-state index contributed by atoms with van der Waals surface area (Å²) in [6.07, 6.45) is 9.17. The highest BCUT2D eigenvalue weighted by Crippen LogP contribution is 2.39. The Kier molecular flexibility index (Phi) is 8.16. The summed E-state index contributed by atoms with van der Waals surface area (Å²) < 4.78 is 7.72. The molecule has 1 saturated carbocycles. The van der Waals surface area contributed by atoms with Gasteiger partial charge < -0.3 is 20.7 Å². The van der Waals surface area contributed by atoms with Gasteiger partial charge >= 0.3 is 0 Å². The average molecular weight is 567 g/mol. The minimum atomic E-state index is -0.246. The summed E-state index contributed by atoms with van der Waals surface area (Å²) in [6, 6.07) is 16.2. The number of nitrogens with one attached hydrogen (secondary N) is 1. The molecule has 1 saturated heterocycles. The number of rotatable bonds is 7. The summed E-state index contributed by atoms with van der Waals surface area (Å²) in [5.41, 5.74) is 10.2. The first kappa shape index (κ1) is 27.9. The molecule has 10 nitrogen and oxygen atoms in total. The second-order valence-electron chi connectivity index (χ2n) is 11.2. The number of hydrogen-bond donors (Lipinski definition) is 2. The predicted octanol–water partition coefficient (Wildman–Crippen LogP) is 4.47. The van der Waals surface area contributed by atoms with Gasteiger partial charge in [0.1, 0.15) is 23.6 Å². The van der Waals surface area contributed by atoms with Crippen LogP contribution < -0.4 is 15.8 Å². The number of carbonyl (C=O) groups excluding carboxylic acids is 1. The molecule has 3 heterocycles. The Hall–Kier alpha value is -4.28. The van der Waals surface area contributed by atoms with Crippen molar-refractivity contribution in [1.82, 2.24) is 29.5 Å². The quantitative estimate of drug-likeness (QED) is 0.315. The summed E-state index contributed by atoms with van der Waals surface area (Å²) in [6.45, 7) is 4.57. The number of likely N-dealkylation sites (N-methyl/N-ethyl adjacent to an activating group) is 1. The number of hydrogen-bond acceptors (Lipinski definition) is 8. The van der Waals surface area contributed by atoms with Gasteiger partial charge in [-0.2, -0.15) is 5.10 Å². The number of amides is 1. The first-order valence-corrected chi connectivity index (χ1v) is 14.6. The lowest BCUT2D eigenvalue weighted by molar-refractivity contribution is -0.111. The number of nitrogens with zero attached hydrogens (tertiary/aromatic N) is 6. The minimum Gasteiger partial charge on any atom is -0.495 e. The van der Waals surface area contributed by atoms with E-state index in [4.69, 9.17) is 15.6 Å². The summed E-state index contributed by atoms with van der Waals surface area (Å²) in [5, 5.41) is 8.74. The molecular formula is C32H38N8O2. The molecule has 0 spiro atoms. The third kappa shape index (κ3) is 5.86. The molecule has 218 valence electrons. The van der Waals surface area contributed by atoms with E-state index in [9.17, 15) is 4.79 Å². The topological polar surface area (TPSA) is 114 Å². The summed E-state index contributed by atoms with van der Waals surface area (Å²) in [4.78, 5) is 26.6. The molecule has 10 heteroatoms. The number of carbonyl (C=O) groups is 1. The van der Waals surface area contributed by atoms with Crippen LogP contribution in [0.1, 0.15) is 37.3 Å². The van der Waals surface area contributed by atoms with Crippen molar-refractivity contribution in [3.8, 4) is 17.0 Å². The number of piperazine rings is 1. The van der Waals surface area contributed by atoms with Crippen molar-refractivity contribution in [2.24, 2.45) is 0 Å². The maximum atomic E-state index is 12.6. The summed E-state index contributed by atoms with van der Waals surface area (Å²) in [7, 11) is 3.79. The van der Waals surface area contributed by atoms with Crippen molar-refractivity contribution in [1.29, 1.82) is 0 Å². The van der Waals surface area contributed by atoms with E-state index in [-0.39, 0.29) is 11.9 Å². The minimum absolute atomic E-state index is 0.246. The molecule has 1 aliphatic carbocycles. The van der Waals surface area contributed by atoms with Gasteiger partial charge in [-0.25, -0.2) is 14.6 Å². The highest BCUT2D eigenvalue weighted by Gasteiger charge is 2.30. The van der Waals surface area contributed by atoms with E-state index in [1.54, 1.807) is 13.2 Å². The fourth-order valence-electron chi connectivity index (χ4n) is 6.16. The van der Waals surface area contributed by atoms with E-state index in [1.165, 1.54) is 12.4 Å². The van der Waals surface area contributed by atoms with E-state index in [0.717, 1.165) is 74.0 Å². The van der Waals surface area contributed by atoms with E-state index < -0.39 is 0 Å². The van der Waals surface area contributed by atoms with Crippen LogP contribution in [-0.2, 0) is 4.79 Å². The molecule has 2 aliphatic rings. The lowest BCUT2D eigenvalue weighted by Crippen LogP contribution is -2.49. The SMILES string of the molecule is COc1cc(-c2nn(C3CCC(N4CCN(C)CC4)CC3)c3ncnc(N)c23)ccc1NC(=O)/C=C/c1ccccc1. The molecule has 42 heavy (non-hydrogen) atoms. The van der Waals surface area contributed by atoms with Gasteiger partial charge in [-0.3, -0.25) is 9.69 Å². The van der Waals surface area contributed by atoms with E-state index >= 15 is 0 Å². The van der Waals surface area contributed by atoms with Crippen molar-refractivity contribution < 1.29 is 9.53 Å². The van der Waals surface area contributed by atoms with Crippen LogP contribution in [0.4, 0.5) is 11.5 Å². The van der Waals surface area contributed by atoms with Crippen LogP contribution in [0.3, 0.4) is 0 Å². The van der Waals surface area contributed by atoms with Gasteiger partial charge in [0.2, 0.25) is 5.91 Å². The standard InChI is InChI=1S/C32H38N8O2/c1-38-16-18-39(19-17-38)24-10-12-25(13-11-24)40-32-29(31(33)34-21-35-32)30(37-40)23-9-14-26(27(20-23)42-2)36-28(41)15-8-22-6-4-3-5-7-22/h3-9,14-15,20-21,24-25H,10-13,16-19H2,1-2H3,(H,36,41)(H2,33,34,35)/b15-8+. The molecule has 4 aromatic rings. The number of nitrogens with two attached hydrogens (primary N) is 1. The average Bonchev–Trinajstić information content (AvgIpc) is 3.42. The number of nitrogen functional groups attached to an aromatic ring is 1. The number of anilines is 2. The number of methoxy groups -OCH3 is 1. The molecule has 0 radical (unpaired) electrons. The van der Waals surface area contributed by atoms with Gasteiger partial charge in [0.15, 0.2) is 5.65 Å². The van der Waals surface area contributed by atoms with Crippen LogP contribution in [0.2, 0.25) is 0 Å². The van der Waals surface area contributed by atoms with Crippen molar-refractivity contribution >= 4 is 34.5 Å². The molecule has 3 N–H and O–H groups in total. The predicted molar refractivity (Wildman–Crippen MR) is 166 cm³/mol. The second kappa shape index (κ2) is 12.3. The largest absolute Gasteiger partial charge is 0.495 e. The van der Waals surface area contributed by atoms with Crippen LogP contribution >= 0.6 is 0 Å². The molecule has 2 aromatic carbocycles. The van der Waals surface area contributed by atoms with Crippen LogP contribution in [0.15, 0.2) is 60.9 Å². The van der Waals surface area contributed by atoms with E-state index in [2.05, 4.69) is 36.8 Å². The molecule has 0 unspecified atom stereocenters. The van der Waals surface area contributed by atoms with Gasteiger partial charge in [0.25, 0.3) is 0 Å². The number of aromatic nitrogens is 4. The van der Waals surface area contributed by atoms with Crippen molar-refractivity contribution in [3.05, 3.63) is 66.5 Å². The summed E-state index contributed by atoms with van der Waals surface area (Å²) in [5.74, 6) is 0.680. The third-order valence-corrected chi connectivity index (χ3v) is 8.54. The zero-order valence-electron chi connectivity index (χ0n) is 24.2. The molecule has 2 aromatic heterocycles. The second-order valence-corrected chi connectivity index (χ2v) is 11.2. The van der Waals surface area contributed by atoms with Gasteiger partial charge in [-0.05, 0) is 56.5 Å². The molecule has 1 amide bonds. The van der Waals surface area contributed by atoms with Crippen molar-refractivity contribution in [3.63, 3.8) is 0 Å². The lowest BCUT2D eigenvalue weighted by Gasteiger charge is -2.41. The van der Waals surface area contributed by atoms with Crippen molar-refractivity contribution in [2.45, 2.75) is 37.8 Å². The van der Waals surface area contributed by atoms with Gasteiger partial charge in [-0.1, -0.05) is 36.4 Å². The Morgan fingerprint density at radius 3 is 2.48 bits per heavy atom. The molecule has 2 fully saturated rings. The fourth-order valence-corrected chi connectivity index (χ4v) is 6.16. The Labute approximate surface area is 246 Å². The Bertz CT molecular complexity index is 1570. The highest BCUT2D eigenvalue weighted by molar-refractivity contribution is 6.03. The van der Waals surface area contributed by atoms with Crippen LogP contribution in [0.5, 0.6) is 5.75 Å². The van der Waals surface area contributed by atoms with Gasteiger partial charge in [0, 0.05) is 43.9 Å². The first-order valence-electron chi connectivity index (χ1n) is 14.6. The van der Waals surface area contributed by atoms with E-state index in [0.29, 0.717) is 29.0 Å². The highest BCUT2D eigenvalue weighted by atomic mass is 16.5. The number of ether oxygens (including phenoxy) is 1. The van der Waals surface area contributed by atoms with E-state index in [1.807, 2.05) is 48.5 Å². The number of benzene rings is 2. The molecule has 1 aliphatic heterocycles. The molecular weight excluding hydrogens is 528 g/mol. The van der Waals surface area contributed by atoms with Crippen molar-refractivity contribution in [2.75, 3.05) is 51.4 Å². The molecule has 0 bridgehead atoms. The van der Waals surface area contributed by atoms with Crippen LogP contribution in [-0.4, -0.2) is 81.8 Å². The van der Waals surface area contributed by atoms with Crippen LogP contribution in [0.25, 0.3) is 28.4 Å². The Morgan fingerprint density at radius 2 is 1.74 bits per heavy atom. The van der Waals surface area contributed by atoms with Crippen LogP contribution in [0, 0.1) is 0 Å². The van der Waals surface area contributed by atoms with Gasteiger partial charge in [0.05, 0.1) is 24.2 Å². The zero-order valence-corrected chi connectivity index (χ0v) is 24.2. The number of fused-ring (bicyclic) bond motifs is 1. The summed E-state index contributed by atoms with van der Waals surface area (Å²) >= 11 is 0. The smallest absolute Gasteiger partial charge is 0.248 e. The maximum absolute atomic E-state index is 12.6. The lowest BCUT2D eigenvalue weighted by atomic mass is 9.90. The normalized spacial score (nSPS) is 20.2. The first-order chi connectivity index (χ1) is 20.5. The Balaban J connectivity index is 1.23. The monoisotopic (exact) mass is 566 g/mol. The molecule has 0 atom stereocenters. The Morgan fingerprint density at radius 1 is 1.00 bits per heavy atom.